The van der Waals surface area contributed by atoms with Crippen LogP contribution in [0.2, 0.25) is 5.02 Å². The molecule has 0 spiro atoms. The van der Waals surface area contributed by atoms with E-state index in [1.807, 2.05) is 29.2 Å². The smallest absolute Gasteiger partial charge is 0.238 e. The molecule has 120 valence electrons. The Balaban J connectivity index is 2.01. The molecule has 7 heteroatoms. The van der Waals surface area contributed by atoms with E-state index >= 15 is 0 Å². The summed E-state index contributed by atoms with van der Waals surface area (Å²) in [6.07, 6.45) is 0. The molecule has 23 heavy (non-hydrogen) atoms. The number of amides is 1. The molecule has 1 saturated heterocycles. The Bertz CT molecular complexity index is 731. The first kappa shape index (κ1) is 17.1. The molecule has 2 aromatic rings. The summed E-state index contributed by atoms with van der Waals surface area (Å²) in [5.74, 6) is 1.28. The van der Waals surface area contributed by atoms with Gasteiger partial charge in [-0.1, -0.05) is 11.6 Å². The van der Waals surface area contributed by atoms with Crippen molar-refractivity contribution in [3.63, 3.8) is 0 Å². The zero-order valence-corrected chi connectivity index (χ0v) is 16.8. The van der Waals surface area contributed by atoms with E-state index in [1.165, 1.54) is 0 Å². The quantitative estimate of drug-likeness (QED) is 0.572. The molecule has 1 fully saturated rings. The van der Waals surface area contributed by atoms with Crippen LogP contribution < -0.4 is 9.64 Å². The van der Waals surface area contributed by atoms with Gasteiger partial charge < -0.3 is 4.74 Å². The SMILES string of the molecule is COc1c(Br)cc([C@@H]2SCC(=O)N2c2ccc(Cl)cc2)cc1Br. The Kier molecular flexibility index (Phi) is 5.26. The first-order valence-corrected chi connectivity index (χ1v) is 9.74. The second-order valence-corrected chi connectivity index (χ2v) is 8.13. The Labute approximate surface area is 160 Å². The predicted molar refractivity (Wildman–Crippen MR) is 103 cm³/mol. The van der Waals surface area contributed by atoms with E-state index in [4.69, 9.17) is 16.3 Å². The summed E-state index contributed by atoms with van der Waals surface area (Å²) in [5, 5.41) is 0.571. The molecule has 0 aliphatic carbocycles. The van der Waals surface area contributed by atoms with Gasteiger partial charge in [0.15, 0.2) is 0 Å². The third-order valence-electron chi connectivity index (χ3n) is 3.48. The molecule has 1 aliphatic rings. The third kappa shape index (κ3) is 3.40. The van der Waals surface area contributed by atoms with Crippen LogP contribution in [0.4, 0.5) is 5.69 Å². The molecule has 1 aliphatic heterocycles. The lowest BCUT2D eigenvalue weighted by molar-refractivity contribution is -0.115. The maximum atomic E-state index is 12.4. The maximum absolute atomic E-state index is 12.4. The zero-order chi connectivity index (χ0) is 16.6. The van der Waals surface area contributed by atoms with Crippen molar-refractivity contribution in [3.05, 3.63) is 55.9 Å². The number of nitrogens with zero attached hydrogens (tertiary/aromatic N) is 1. The van der Waals surface area contributed by atoms with Crippen LogP contribution in [-0.4, -0.2) is 18.8 Å². The van der Waals surface area contributed by atoms with Crippen molar-refractivity contribution in [1.82, 2.24) is 0 Å². The number of thioether (sulfide) groups is 1. The molecule has 0 radical (unpaired) electrons. The fraction of sp³-hybridized carbons (Fsp3) is 0.188. The Hall–Kier alpha value is -0.690. The van der Waals surface area contributed by atoms with Crippen molar-refractivity contribution in [3.8, 4) is 5.75 Å². The van der Waals surface area contributed by atoms with Crippen LogP contribution in [-0.2, 0) is 4.79 Å². The van der Waals surface area contributed by atoms with E-state index in [2.05, 4.69) is 31.9 Å². The number of hydrogen-bond donors (Lipinski definition) is 0. The van der Waals surface area contributed by atoms with E-state index < -0.39 is 0 Å². The molecule has 1 amide bonds. The summed E-state index contributed by atoms with van der Waals surface area (Å²) in [5.41, 5.74) is 1.87. The van der Waals surface area contributed by atoms with Crippen molar-refractivity contribution in [2.75, 3.05) is 17.8 Å². The standard InChI is InChI=1S/C16H12Br2ClNO2S/c1-22-15-12(17)6-9(7-13(15)18)16-20(14(21)8-23-16)11-4-2-10(19)3-5-11/h2-7,16H,8H2,1H3/t16-/m0/s1. The molecule has 0 aromatic heterocycles. The predicted octanol–water partition coefficient (Wildman–Crippen LogP) is 5.65. The lowest BCUT2D eigenvalue weighted by atomic mass is 10.1. The van der Waals surface area contributed by atoms with E-state index in [1.54, 1.807) is 31.0 Å². The monoisotopic (exact) mass is 475 g/mol. The van der Waals surface area contributed by atoms with Gasteiger partial charge in [0.05, 0.1) is 21.8 Å². The molecule has 0 unspecified atom stereocenters. The van der Waals surface area contributed by atoms with Gasteiger partial charge in [0.25, 0.3) is 0 Å². The van der Waals surface area contributed by atoms with Crippen molar-refractivity contribution >= 4 is 66.8 Å². The molecule has 0 saturated carbocycles. The number of carbonyl (C=O) groups excluding carboxylic acids is 1. The van der Waals surface area contributed by atoms with Crippen molar-refractivity contribution < 1.29 is 9.53 Å². The largest absolute Gasteiger partial charge is 0.494 e. The molecule has 0 bridgehead atoms. The van der Waals surface area contributed by atoms with Gasteiger partial charge in [-0.25, -0.2) is 0 Å². The summed E-state index contributed by atoms with van der Waals surface area (Å²) in [6.45, 7) is 0. The van der Waals surface area contributed by atoms with Crippen LogP contribution in [0.5, 0.6) is 5.75 Å². The molecule has 1 heterocycles. The summed E-state index contributed by atoms with van der Waals surface area (Å²) in [4.78, 5) is 14.2. The third-order valence-corrected chi connectivity index (χ3v) is 6.12. The molecule has 0 N–H and O–H groups in total. The summed E-state index contributed by atoms with van der Waals surface area (Å²) in [7, 11) is 1.62. The molecule has 3 nitrogen and oxygen atoms in total. The van der Waals surface area contributed by atoms with Crippen molar-refractivity contribution in [1.29, 1.82) is 0 Å². The Morgan fingerprint density at radius 1 is 1.22 bits per heavy atom. The van der Waals surface area contributed by atoms with E-state index in [0.717, 1.165) is 25.9 Å². The molecule has 1 atom stereocenters. The minimum Gasteiger partial charge on any atom is -0.494 e. The van der Waals surface area contributed by atoms with Gasteiger partial charge in [-0.15, -0.1) is 11.8 Å². The number of ether oxygens (including phenoxy) is 1. The fourth-order valence-electron chi connectivity index (χ4n) is 2.47. The number of halogens is 3. The molecular formula is C16H12Br2ClNO2S. The van der Waals surface area contributed by atoms with Gasteiger partial charge in [0.1, 0.15) is 11.1 Å². The highest BCUT2D eigenvalue weighted by molar-refractivity contribution is 9.11. The number of rotatable bonds is 3. The van der Waals surface area contributed by atoms with Gasteiger partial charge in [0, 0.05) is 10.7 Å². The second-order valence-electron chi connectivity index (χ2n) is 4.92. The van der Waals surface area contributed by atoms with Crippen molar-refractivity contribution in [2.24, 2.45) is 0 Å². The number of hydrogen-bond acceptors (Lipinski definition) is 3. The molecule has 3 rings (SSSR count). The van der Waals surface area contributed by atoms with Gasteiger partial charge in [-0.2, -0.15) is 0 Å². The fourth-order valence-corrected chi connectivity index (χ4v) is 5.30. The van der Waals surface area contributed by atoms with E-state index in [0.29, 0.717) is 10.8 Å². The minimum atomic E-state index is -0.0813. The van der Waals surface area contributed by atoms with Gasteiger partial charge in [-0.05, 0) is 73.8 Å². The average Bonchev–Trinajstić information content (AvgIpc) is 2.89. The zero-order valence-electron chi connectivity index (χ0n) is 12.1. The average molecular weight is 478 g/mol. The first-order valence-electron chi connectivity index (χ1n) is 6.73. The molecule has 2 aromatic carbocycles. The van der Waals surface area contributed by atoms with Gasteiger partial charge in [0.2, 0.25) is 5.91 Å². The Morgan fingerprint density at radius 3 is 2.39 bits per heavy atom. The van der Waals surface area contributed by atoms with Crippen molar-refractivity contribution in [2.45, 2.75) is 5.37 Å². The summed E-state index contributed by atoms with van der Waals surface area (Å²) in [6, 6.07) is 11.3. The maximum Gasteiger partial charge on any atom is 0.238 e. The summed E-state index contributed by atoms with van der Waals surface area (Å²) < 4.78 is 7.04. The number of methoxy groups -OCH3 is 1. The van der Waals surface area contributed by atoms with Crippen LogP contribution in [0.15, 0.2) is 45.3 Å². The number of benzene rings is 2. The van der Waals surface area contributed by atoms with E-state index in [9.17, 15) is 4.79 Å². The normalized spacial score (nSPS) is 17.7. The van der Waals surface area contributed by atoms with Crippen LogP contribution in [0.25, 0.3) is 0 Å². The van der Waals surface area contributed by atoms with Crippen LogP contribution >= 0.6 is 55.2 Å². The first-order chi connectivity index (χ1) is 11.0. The lowest BCUT2D eigenvalue weighted by Gasteiger charge is -2.25. The van der Waals surface area contributed by atoms with Crippen LogP contribution in [0.1, 0.15) is 10.9 Å². The number of carbonyl (C=O) groups is 1. The minimum absolute atomic E-state index is 0.0813. The van der Waals surface area contributed by atoms with Gasteiger partial charge in [-0.3, -0.25) is 9.69 Å². The van der Waals surface area contributed by atoms with Crippen LogP contribution in [0, 0.1) is 0 Å². The summed E-state index contributed by atoms with van der Waals surface area (Å²) >= 11 is 14.6. The van der Waals surface area contributed by atoms with E-state index in [-0.39, 0.29) is 11.3 Å². The topological polar surface area (TPSA) is 29.5 Å². The highest BCUT2D eigenvalue weighted by Gasteiger charge is 2.34. The van der Waals surface area contributed by atoms with Gasteiger partial charge >= 0.3 is 0 Å². The highest BCUT2D eigenvalue weighted by atomic mass is 79.9. The second kappa shape index (κ2) is 7.05. The Morgan fingerprint density at radius 2 is 1.83 bits per heavy atom. The van der Waals surface area contributed by atoms with Crippen LogP contribution in [0.3, 0.4) is 0 Å². The number of anilines is 1. The lowest BCUT2D eigenvalue weighted by Crippen LogP contribution is -2.27. The highest BCUT2D eigenvalue weighted by Crippen LogP contribution is 2.45. The molecular weight excluding hydrogens is 466 g/mol.